The summed E-state index contributed by atoms with van der Waals surface area (Å²) in [5.74, 6) is -0.0389. The number of rotatable bonds is 9. The Morgan fingerprint density at radius 1 is 1.24 bits per heavy atom. The number of benzene rings is 1. The molecule has 0 saturated heterocycles. The van der Waals surface area contributed by atoms with Crippen molar-refractivity contribution in [3.63, 3.8) is 0 Å². The normalized spacial score (nSPS) is 11.0. The number of thiazole rings is 1. The van der Waals surface area contributed by atoms with Gasteiger partial charge in [-0.15, -0.1) is 29.3 Å². The predicted octanol–water partition coefficient (Wildman–Crippen LogP) is 6.29. The monoisotopic (exact) mass is 445 g/mol. The summed E-state index contributed by atoms with van der Waals surface area (Å²) in [7, 11) is 0. The van der Waals surface area contributed by atoms with Crippen LogP contribution in [0.2, 0.25) is 4.34 Å². The molecule has 0 radical (unpaired) electrons. The lowest BCUT2D eigenvalue weighted by atomic mass is 10.1. The fraction of sp³-hybridized carbons (Fsp3) is 0.273. The first-order valence-corrected chi connectivity index (χ1v) is 11.5. The summed E-state index contributed by atoms with van der Waals surface area (Å²) in [5.41, 5.74) is 2.97. The predicted molar refractivity (Wildman–Crippen MR) is 124 cm³/mol. The number of para-hydroxylation sites is 1. The van der Waals surface area contributed by atoms with Crippen molar-refractivity contribution < 1.29 is 4.79 Å². The van der Waals surface area contributed by atoms with Gasteiger partial charge in [0.15, 0.2) is 5.13 Å². The molecule has 0 bridgehead atoms. The average molecular weight is 446 g/mol. The topological polar surface area (TPSA) is 36.4 Å². The van der Waals surface area contributed by atoms with Crippen LogP contribution in [0.1, 0.15) is 30.0 Å². The number of amides is 1. The van der Waals surface area contributed by atoms with Crippen LogP contribution in [0.4, 0.5) is 10.8 Å². The van der Waals surface area contributed by atoms with Gasteiger partial charge < -0.3 is 0 Å². The van der Waals surface area contributed by atoms with E-state index < -0.39 is 0 Å². The zero-order valence-electron chi connectivity index (χ0n) is 16.6. The van der Waals surface area contributed by atoms with Crippen molar-refractivity contribution in [3.8, 4) is 0 Å². The van der Waals surface area contributed by atoms with E-state index in [1.165, 1.54) is 16.2 Å². The van der Waals surface area contributed by atoms with Gasteiger partial charge in [-0.05, 0) is 30.2 Å². The number of aromatic nitrogens is 1. The molecule has 0 N–H and O–H groups in total. The molecule has 0 saturated carbocycles. The number of carbonyl (C=O) groups excluding carboxylic acids is 1. The highest BCUT2D eigenvalue weighted by Crippen LogP contribution is 2.32. The fourth-order valence-electron chi connectivity index (χ4n) is 3.16. The zero-order valence-corrected chi connectivity index (χ0v) is 19.0. The fourth-order valence-corrected chi connectivity index (χ4v) is 5.16. The molecule has 1 aromatic carbocycles. The largest absolute Gasteiger partial charge is 0.289 e. The minimum Gasteiger partial charge on any atom is -0.289 e. The summed E-state index contributed by atoms with van der Waals surface area (Å²) in [6, 6.07) is 12.0. The van der Waals surface area contributed by atoms with Crippen LogP contribution >= 0.6 is 34.3 Å². The van der Waals surface area contributed by atoms with Gasteiger partial charge >= 0.3 is 0 Å². The minimum atomic E-state index is -0.0389. The number of carbonyl (C=O) groups is 1. The standard InChI is InChI=1S/C22H24ClN3OS2/c1-4-12-25(14-19-10-11-21(23)29-19)13-18-15-28-22(24-18)26(16(3)27)20-9-7-6-8-17(20)5-2/h4,6-11,15H,1,5,12-14H2,2-3H3. The van der Waals surface area contributed by atoms with E-state index in [2.05, 4.69) is 30.5 Å². The van der Waals surface area contributed by atoms with Crippen LogP contribution in [-0.2, 0) is 24.3 Å². The third-order valence-corrected chi connectivity index (χ3v) is 6.53. The third-order valence-electron chi connectivity index (χ3n) is 4.44. The molecular weight excluding hydrogens is 422 g/mol. The van der Waals surface area contributed by atoms with Crippen molar-refractivity contribution in [2.45, 2.75) is 33.4 Å². The van der Waals surface area contributed by atoms with E-state index in [-0.39, 0.29) is 5.91 Å². The molecule has 2 aromatic heterocycles. The molecule has 152 valence electrons. The van der Waals surface area contributed by atoms with Gasteiger partial charge in [0.25, 0.3) is 0 Å². The van der Waals surface area contributed by atoms with Crippen LogP contribution in [0.5, 0.6) is 0 Å². The van der Waals surface area contributed by atoms with Crippen LogP contribution in [0.25, 0.3) is 0 Å². The number of aryl methyl sites for hydroxylation is 1. The Labute approximate surface area is 185 Å². The average Bonchev–Trinajstić information content (AvgIpc) is 3.31. The second-order valence-electron chi connectivity index (χ2n) is 6.62. The van der Waals surface area contributed by atoms with Gasteiger partial charge in [0.2, 0.25) is 5.91 Å². The first kappa shape index (κ1) is 21.7. The molecule has 0 spiro atoms. The highest BCUT2D eigenvalue weighted by molar-refractivity contribution is 7.16. The Morgan fingerprint density at radius 3 is 2.69 bits per heavy atom. The second kappa shape index (κ2) is 10.2. The molecule has 0 aliphatic rings. The summed E-state index contributed by atoms with van der Waals surface area (Å²) in [5, 5.41) is 2.73. The third kappa shape index (κ3) is 5.54. The van der Waals surface area contributed by atoms with E-state index in [0.29, 0.717) is 11.7 Å². The molecule has 0 atom stereocenters. The lowest BCUT2D eigenvalue weighted by molar-refractivity contribution is -0.115. The smallest absolute Gasteiger partial charge is 0.230 e. The lowest BCUT2D eigenvalue weighted by Gasteiger charge is -2.21. The van der Waals surface area contributed by atoms with Crippen molar-refractivity contribution in [2.24, 2.45) is 0 Å². The van der Waals surface area contributed by atoms with Gasteiger partial charge in [-0.2, -0.15) is 0 Å². The SMILES string of the molecule is C=CCN(Cc1csc(N(C(C)=O)c2ccccc2CC)n1)Cc1ccc(Cl)s1. The maximum absolute atomic E-state index is 12.4. The molecular formula is C22H24ClN3OS2. The Kier molecular flexibility index (Phi) is 7.61. The van der Waals surface area contributed by atoms with Gasteiger partial charge in [0.05, 0.1) is 15.7 Å². The molecule has 3 rings (SSSR count). The van der Waals surface area contributed by atoms with E-state index in [1.807, 2.05) is 35.7 Å². The first-order valence-electron chi connectivity index (χ1n) is 9.42. The Bertz CT molecular complexity index is 982. The molecule has 0 aliphatic carbocycles. The highest BCUT2D eigenvalue weighted by atomic mass is 35.5. The highest BCUT2D eigenvalue weighted by Gasteiger charge is 2.20. The van der Waals surface area contributed by atoms with Crippen molar-refractivity contribution in [3.05, 3.63) is 74.9 Å². The summed E-state index contributed by atoms with van der Waals surface area (Å²) in [6.07, 6.45) is 2.75. The van der Waals surface area contributed by atoms with Gasteiger partial charge in [-0.25, -0.2) is 4.98 Å². The maximum atomic E-state index is 12.4. The van der Waals surface area contributed by atoms with Crippen molar-refractivity contribution in [1.82, 2.24) is 9.88 Å². The van der Waals surface area contributed by atoms with E-state index in [1.54, 1.807) is 23.2 Å². The molecule has 1 amide bonds. The van der Waals surface area contributed by atoms with Crippen LogP contribution in [-0.4, -0.2) is 22.3 Å². The van der Waals surface area contributed by atoms with Gasteiger partial charge in [-0.1, -0.05) is 42.8 Å². The van der Waals surface area contributed by atoms with E-state index in [0.717, 1.165) is 40.8 Å². The zero-order chi connectivity index (χ0) is 20.8. The molecule has 0 aliphatic heterocycles. The van der Waals surface area contributed by atoms with Crippen molar-refractivity contribution >= 4 is 51.0 Å². The van der Waals surface area contributed by atoms with Crippen molar-refractivity contribution in [1.29, 1.82) is 0 Å². The number of halogens is 1. The molecule has 0 fully saturated rings. The second-order valence-corrected chi connectivity index (χ2v) is 9.26. The summed E-state index contributed by atoms with van der Waals surface area (Å²) >= 11 is 9.14. The number of thiophene rings is 1. The summed E-state index contributed by atoms with van der Waals surface area (Å²) < 4.78 is 0.793. The van der Waals surface area contributed by atoms with Gasteiger partial charge in [0.1, 0.15) is 0 Å². The number of anilines is 2. The molecule has 2 heterocycles. The quantitative estimate of drug-likeness (QED) is 0.363. The molecule has 4 nitrogen and oxygen atoms in total. The summed E-state index contributed by atoms with van der Waals surface area (Å²) in [6.45, 7) is 9.75. The first-order chi connectivity index (χ1) is 14.0. The van der Waals surface area contributed by atoms with Gasteiger partial charge in [0, 0.05) is 36.8 Å². The number of hydrogen-bond donors (Lipinski definition) is 0. The number of hydrogen-bond acceptors (Lipinski definition) is 5. The van der Waals surface area contributed by atoms with Gasteiger partial charge in [-0.3, -0.25) is 14.6 Å². The summed E-state index contributed by atoms with van der Waals surface area (Å²) in [4.78, 5) is 22.4. The minimum absolute atomic E-state index is 0.0389. The van der Waals surface area contributed by atoms with E-state index in [4.69, 9.17) is 16.6 Å². The van der Waals surface area contributed by atoms with Crippen LogP contribution in [0.3, 0.4) is 0 Å². The van der Waals surface area contributed by atoms with E-state index in [9.17, 15) is 4.79 Å². The molecule has 7 heteroatoms. The Balaban J connectivity index is 1.81. The van der Waals surface area contributed by atoms with Crippen LogP contribution in [0, 0.1) is 0 Å². The van der Waals surface area contributed by atoms with E-state index >= 15 is 0 Å². The van der Waals surface area contributed by atoms with Crippen LogP contribution < -0.4 is 4.90 Å². The van der Waals surface area contributed by atoms with Crippen LogP contribution in [0.15, 0.2) is 54.4 Å². The molecule has 3 aromatic rings. The lowest BCUT2D eigenvalue weighted by Crippen LogP contribution is -2.24. The Hall–Kier alpha value is -1.99. The molecule has 0 unspecified atom stereocenters. The Morgan fingerprint density at radius 2 is 2.03 bits per heavy atom. The van der Waals surface area contributed by atoms with Crippen molar-refractivity contribution in [2.75, 3.05) is 11.4 Å². The maximum Gasteiger partial charge on any atom is 0.230 e. The number of nitrogens with zero attached hydrogens (tertiary/aromatic N) is 3. The molecule has 29 heavy (non-hydrogen) atoms.